The number of rotatable bonds is 4. The van der Waals surface area contributed by atoms with Crippen LogP contribution in [0.2, 0.25) is 0 Å². The zero-order valence-corrected chi connectivity index (χ0v) is 20.2. The highest BCUT2D eigenvalue weighted by molar-refractivity contribution is 7.89. The third-order valence-electron chi connectivity index (χ3n) is 6.74. The fourth-order valence-corrected chi connectivity index (χ4v) is 6.52. The van der Waals surface area contributed by atoms with Gasteiger partial charge in [-0.15, -0.1) is 5.10 Å². The van der Waals surface area contributed by atoms with E-state index in [2.05, 4.69) is 19.6 Å². The molecule has 4 heterocycles. The number of primary sulfonamides is 1. The largest absolute Gasteiger partial charge is 0.493 e. The molecule has 0 saturated carbocycles. The molecule has 2 N–H and O–H groups in total. The molecule has 1 saturated heterocycles. The monoisotopic (exact) mass is 528 g/mol. The maximum atomic E-state index is 14.3. The van der Waals surface area contributed by atoms with E-state index in [4.69, 9.17) is 9.88 Å². The number of halogens is 3. The van der Waals surface area contributed by atoms with E-state index in [9.17, 15) is 21.6 Å². The van der Waals surface area contributed by atoms with Crippen LogP contribution in [0.1, 0.15) is 46.8 Å². The minimum absolute atomic E-state index is 0.0786. The van der Waals surface area contributed by atoms with Crippen molar-refractivity contribution >= 4 is 21.6 Å². The van der Waals surface area contributed by atoms with Crippen LogP contribution in [-0.2, 0) is 17.1 Å². The van der Waals surface area contributed by atoms with Gasteiger partial charge in [-0.2, -0.15) is 18.3 Å². The number of nitrogens with zero attached hydrogens (tertiary/aromatic N) is 5. The summed E-state index contributed by atoms with van der Waals surface area (Å²) in [5.41, 5.74) is 1.37. The van der Waals surface area contributed by atoms with Crippen LogP contribution in [0.3, 0.4) is 0 Å². The van der Waals surface area contributed by atoms with Gasteiger partial charge in [0.15, 0.2) is 0 Å². The Morgan fingerprint density at radius 2 is 2.03 bits per heavy atom. The van der Waals surface area contributed by atoms with Crippen molar-refractivity contribution in [1.82, 2.24) is 24.3 Å². The zero-order valence-electron chi connectivity index (χ0n) is 18.6. The van der Waals surface area contributed by atoms with Crippen molar-refractivity contribution in [2.24, 2.45) is 18.1 Å². The highest BCUT2D eigenvalue weighted by Crippen LogP contribution is 2.55. The van der Waals surface area contributed by atoms with E-state index in [1.165, 1.54) is 18.3 Å². The fraction of sp³-hybridized carbons (Fsp3) is 0.476. The molecule has 2 aliphatic rings. The first kappa shape index (κ1) is 24.2. The average Bonchev–Trinajstić information content (AvgIpc) is 3.48. The Balaban J connectivity index is 1.63. The van der Waals surface area contributed by atoms with E-state index in [1.807, 2.05) is 0 Å². The Kier molecular flexibility index (Phi) is 6.10. The number of fused-ring (bicyclic) bond motifs is 1. The van der Waals surface area contributed by atoms with Crippen molar-refractivity contribution in [2.75, 3.05) is 13.2 Å². The molecular formula is C21H23F3N6O3S2. The summed E-state index contributed by atoms with van der Waals surface area (Å²) < 4.78 is 77.7. The van der Waals surface area contributed by atoms with Crippen molar-refractivity contribution in [2.45, 2.75) is 41.9 Å². The molecule has 4 atom stereocenters. The molecule has 3 aromatic rings. The molecule has 0 bridgehead atoms. The van der Waals surface area contributed by atoms with E-state index in [-0.39, 0.29) is 30.5 Å². The van der Waals surface area contributed by atoms with Crippen LogP contribution in [-0.4, -0.2) is 52.0 Å². The lowest BCUT2D eigenvalue weighted by atomic mass is 9.75. The molecule has 5 rings (SSSR count). The van der Waals surface area contributed by atoms with E-state index in [1.54, 1.807) is 30.2 Å². The quantitative estimate of drug-likeness (QED) is 0.553. The summed E-state index contributed by atoms with van der Waals surface area (Å²) in [4.78, 5) is 2.44. The van der Waals surface area contributed by atoms with Gasteiger partial charge in [-0.1, -0.05) is 10.6 Å². The second kappa shape index (κ2) is 8.84. The van der Waals surface area contributed by atoms with Crippen molar-refractivity contribution in [1.29, 1.82) is 0 Å². The predicted molar refractivity (Wildman–Crippen MR) is 120 cm³/mol. The number of aryl methyl sites for hydroxylation is 1. The standard InChI is InChI=1S/C21H23F3N6O3S2/c1-29-11-12(9-27-29)20-19(18-10-26-28-34-18)15(21(22,23)24)4-6-30(20)16-5-7-33-17-8-13(35(25,31)32)2-3-14(16)17/h2-3,8-11,15-16,19-20H,4-7H2,1H3,(H2,25,31,32)/t15-,16+,19?,20-/m1/s1. The van der Waals surface area contributed by atoms with Gasteiger partial charge >= 0.3 is 6.18 Å². The number of hydrogen-bond donors (Lipinski definition) is 1. The third kappa shape index (κ3) is 4.55. The molecule has 0 spiro atoms. The van der Waals surface area contributed by atoms with Crippen LogP contribution in [0.5, 0.6) is 5.75 Å². The summed E-state index contributed by atoms with van der Waals surface area (Å²) >= 11 is 0.973. The first-order valence-electron chi connectivity index (χ1n) is 10.9. The Labute approximate surface area is 203 Å². The first-order chi connectivity index (χ1) is 16.5. The van der Waals surface area contributed by atoms with Crippen LogP contribution < -0.4 is 9.88 Å². The Morgan fingerprint density at radius 1 is 1.23 bits per heavy atom. The van der Waals surface area contributed by atoms with Gasteiger partial charge < -0.3 is 4.74 Å². The number of hydrogen-bond acceptors (Lipinski definition) is 8. The van der Waals surface area contributed by atoms with Crippen LogP contribution in [0.25, 0.3) is 0 Å². The van der Waals surface area contributed by atoms with Gasteiger partial charge in [0.25, 0.3) is 0 Å². The molecule has 0 amide bonds. The molecule has 1 unspecified atom stereocenters. The molecular weight excluding hydrogens is 505 g/mol. The van der Waals surface area contributed by atoms with Crippen molar-refractivity contribution in [3.63, 3.8) is 0 Å². The number of ether oxygens (including phenoxy) is 1. The van der Waals surface area contributed by atoms with Gasteiger partial charge in [-0.3, -0.25) is 9.58 Å². The average molecular weight is 529 g/mol. The normalized spacial score (nSPS) is 25.7. The van der Waals surface area contributed by atoms with Gasteiger partial charge in [-0.25, -0.2) is 13.6 Å². The number of benzene rings is 1. The number of likely N-dealkylation sites (tertiary alicyclic amines) is 1. The molecule has 0 radical (unpaired) electrons. The lowest BCUT2D eigenvalue weighted by molar-refractivity contribution is -0.199. The molecule has 9 nitrogen and oxygen atoms in total. The van der Waals surface area contributed by atoms with E-state index >= 15 is 0 Å². The summed E-state index contributed by atoms with van der Waals surface area (Å²) in [5, 5.41) is 13.3. The van der Waals surface area contributed by atoms with Crippen LogP contribution in [0, 0.1) is 5.92 Å². The second-order valence-electron chi connectivity index (χ2n) is 8.81. The number of aromatic nitrogens is 4. The number of nitrogens with two attached hydrogens (primary N) is 1. The van der Waals surface area contributed by atoms with Gasteiger partial charge in [0.2, 0.25) is 10.0 Å². The molecule has 2 aromatic heterocycles. The molecule has 0 aliphatic carbocycles. The minimum Gasteiger partial charge on any atom is -0.493 e. The van der Waals surface area contributed by atoms with E-state index in [0.717, 1.165) is 11.5 Å². The minimum atomic E-state index is -4.40. The van der Waals surface area contributed by atoms with Crippen LogP contribution >= 0.6 is 11.5 Å². The summed E-state index contributed by atoms with van der Waals surface area (Å²) in [6.07, 6.45) is 0.786. The van der Waals surface area contributed by atoms with Crippen molar-refractivity contribution in [3.8, 4) is 5.75 Å². The first-order valence-corrected chi connectivity index (χ1v) is 13.2. The Bertz CT molecular complexity index is 1310. The molecule has 188 valence electrons. The van der Waals surface area contributed by atoms with Crippen LogP contribution in [0.4, 0.5) is 13.2 Å². The second-order valence-corrected chi connectivity index (χ2v) is 11.2. The van der Waals surface area contributed by atoms with Crippen molar-refractivity contribution < 1.29 is 26.3 Å². The lowest BCUT2D eigenvalue weighted by Crippen LogP contribution is -2.48. The smallest absolute Gasteiger partial charge is 0.392 e. The Hall–Kier alpha value is -2.55. The van der Waals surface area contributed by atoms with Crippen LogP contribution in [0.15, 0.2) is 41.7 Å². The zero-order chi connectivity index (χ0) is 25.0. The van der Waals surface area contributed by atoms with E-state index < -0.39 is 34.1 Å². The number of sulfonamides is 1. The highest BCUT2D eigenvalue weighted by Gasteiger charge is 2.54. The van der Waals surface area contributed by atoms with Gasteiger partial charge in [0.05, 0.1) is 34.7 Å². The lowest BCUT2D eigenvalue weighted by Gasteiger charge is -2.49. The van der Waals surface area contributed by atoms with Gasteiger partial charge in [0.1, 0.15) is 5.75 Å². The topological polar surface area (TPSA) is 116 Å². The molecule has 14 heteroatoms. The fourth-order valence-electron chi connectivity index (χ4n) is 5.29. The maximum Gasteiger partial charge on any atom is 0.392 e. The van der Waals surface area contributed by atoms with Gasteiger partial charge in [0, 0.05) is 61.4 Å². The third-order valence-corrected chi connectivity index (χ3v) is 8.42. The molecule has 2 aliphatic heterocycles. The van der Waals surface area contributed by atoms with Crippen molar-refractivity contribution in [3.05, 3.63) is 52.8 Å². The molecule has 1 fully saturated rings. The summed E-state index contributed by atoms with van der Waals surface area (Å²) in [6.45, 7) is 0.477. The number of piperidine rings is 1. The molecule has 1 aromatic carbocycles. The maximum absolute atomic E-state index is 14.3. The number of alkyl halides is 3. The highest BCUT2D eigenvalue weighted by atomic mass is 32.2. The summed E-state index contributed by atoms with van der Waals surface area (Å²) in [6, 6.07) is 3.47. The summed E-state index contributed by atoms with van der Waals surface area (Å²) in [7, 11) is -2.21. The Morgan fingerprint density at radius 3 is 2.66 bits per heavy atom. The van der Waals surface area contributed by atoms with Gasteiger partial charge in [-0.05, 0) is 24.0 Å². The predicted octanol–water partition coefficient (Wildman–Crippen LogP) is 3.15. The SMILES string of the molecule is Cn1cc([C@@H]2C(c3cnns3)[C@H](C(F)(F)F)CCN2[C@H]2CCOc3cc(S(N)(=O)=O)ccc32)cn1. The summed E-state index contributed by atoms with van der Waals surface area (Å²) in [5.74, 6) is -2.13. The van der Waals surface area contributed by atoms with E-state index in [0.29, 0.717) is 28.2 Å². The molecule has 35 heavy (non-hydrogen) atoms.